The molecule has 1 aliphatic carbocycles. The summed E-state index contributed by atoms with van der Waals surface area (Å²) in [7, 11) is 0. The summed E-state index contributed by atoms with van der Waals surface area (Å²) in [6, 6.07) is 0.422. The standard InChI is InChI=1S/C11H18N4O/c1-3-5-9-12-10(14-13-9)11(16)15(4-2)8-6-7-8/h8H,3-7H2,1-2H3,(H,12,13,14). The lowest BCUT2D eigenvalue weighted by Gasteiger charge is -2.17. The van der Waals surface area contributed by atoms with Crippen molar-refractivity contribution in [2.45, 2.75) is 45.6 Å². The summed E-state index contributed by atoms with van der Waals surface area (Å²) in [5, 5.41) is 6.80. The van der Waals surface area contributed by atoms with Crippen molar-refractivity contribution in [1.82, 2.24) is 20.1 Å². The zero-order valence-corrected chi connectivity index (χ0v) is 9.86. The van der Waals surface area contributed by atoms with E-state index in [1.165, 1.54) is 0 Å². The molecule has 1 aromatic heterocycles. The van der Waals surface area contributed by atoms with Crippen LogP contribution >= 0.6 is 0 Å². The number of nitrogens with zero attached hydrogens (tertiary/aromatic N) is 3. The van der Waals surface area contributed by atoms with Crippen LogP contribution in [0.2, 0.25) is 0 Å². The first kappa shape index (κ1) is 11.1. The number of carbonyl (C=O) groups is 1. The van der Waals surface area contributed by atoms with Crippen molar-refractivity contribution in [3.63, 3.8) is 0 Å². The highest BCUT2D eigenvalue weighted by atomic mass is 16.2. The molecule has 5 nitrogen and oxygen atoms in total. The van der Waals surface area contributed by atoms with Gasteiger partial charge in [0.05, 0.1) is 0 Å². The fourth-order valence-electron chi connectivity index (χ4n) is 1.82. The summed E-state index contributed by atoms with van der Waals surface area (Å²) in [6.07, 6.45) is 4.08. The Balaban J connectivity index is 2.06. The molecule has 0 aromatic carbocycles. The Morgan fingerprint density at radius 3 is 2.81 bits per heavy atom. The predicted octanol–water partition coefficient (Wildman–Crippen LogP) is 1.38. The highest BCUT2D eigenvalue weighted by Gasteiger charge is 2.33. The number of rotatable bonds is 5. The zero-order valence-electron chi connectivity index (χ0n) is 9.86. The maximum Gasteiger partial charge on any atom is 0.293 e. The van der Waals surface area contributed by atoms with E-state index in [1.807, 2.05) is 11.8 Å². The largest absolute Gasteiger partial charge is 0.333 e. The molecule has 1 N–H and O–H groups in total. The Morgan fingerprint density at radius 1 is 1.50 bits per heavy atom. The second-order valence-electron chi connectivity index (χ2n) is 4.18. The Kier molecular flexibility index (Phi) is 3.22. The van der Waals surface area contributed by atoms with E-state index in [1.54, 1.807) is 0 Å². The highest BCUT2D eigenvalue weighted by molar-refractivity contribution is 5.90. The fourth-order valence-corrected chi connectivity index (χ4v) is 1.82. The fraction of sp³-hybridized carbons (Fsp3) is 0.727. The maximum absolute atomic E-state index is 12.1. The second-order valence-corrected chi connectivity index (χ2v) is 4.18. The number of aromatic amines is 1. The predicted molar refractivity (Wildman–Crippen MR) is 60.1 cm³/mol. The monoisotopic (exact) mass is 222 g/mol. The first-order chi connectivity index (χ1) is 7.76. The van der Waals surface area contributed by atoms with Gasteiger partial charge in [0.15, 0.2) is 0 Å². The molecule has 1 aromatic rings. The van der Waals surface area contributed by atoms with Crippen molar-refractivity contribution in [3.05, 3.63) is 11.6 Å². The molecule has 2 rings (SSSR count). The van der Waals surface area contributed by atoms with Gasteiger partial charge in [-0.2, -0.15) is 0 Å². The number of amides is 1. The average Bonchev–Trinajstić information content (AvgIpc) is 2.99. The van der Waals surface area contributed by atoms with E-state index in [4.69, 9.17) is 0 Å². The minimum Gasteiger partial charge on any atom is -0.333 e. The van der Waals surface area contributed by atoms with Crippen molar-refractivity contribution in [2.24, 2.45) is 0 Å². The number of carbonyl (C=O) groups excluding carboxylic acids is 1. The minimum atomic E-state index is -0.0383. The SMILES string of the molecule is CCCc1nc(C(=O)N(CC)C2CC2)n[nH]1. The Bertz CT molecular complexity index is 370. The van der Waals surface area contributed by atoms with Gasteiger partial charge in [-0.25, -0.2) is 4.98 Å². The number of hydrogen-bond acceptors (Lipinski definition) is 3. The van der Waals surface area contributed by atoms with Crippen LogP contribution in [0.5, 0.6) is 0 Å². The van der Waals surface area contributed by atoms with Gasteiger partial charge < -0.3 is 4.90 Å². The van der Waals surface area contributed by atoms with Gasteiger partial charge in [-0.3, -0.25) is 9.89 Å². The molecule has 1 aliphatic rings. The average molecular weight is 222 g/mol. The van der Waals surface area contributed by atoms with Crippen LogP contribution < -0.4 is 0 Å². The van der Waals surface area contributed by atoms with Crippen LogP contribution in [0.15, 0.2) is 0 Å². The third kappa shape index (κ3) is 2.23. The van der Waals surface area contributed by atoms with E-state index in [-0.39, 0.29) is 5.91 Å². The molecule has 5 heteroatoms. The van der Waals surface area contributed by atoms with Crippen LogP contribution in [0.3, 0.4) is 0 Å². The smallest absolute Gasteiger partial charge is 0.293 e. The first-order valence-electron chi connectivity index (χ1n) is 5.98. The summed E-state index contributed by atoms with van der Waals surface area (Å²) in [6.45, 7) is 4.81. The summed E-state index contributed by atoms with van der Waals surface area (Å²) in [5.41, 5.74) is 0. The lowest BCUT2D eigenvalue weighted by Crippen LogP contribution is -2.33. The lowest BCUT2D eigenvalue weighted by atomic mass is 10.3. The molecule has 0 atom stereocenters. The van der Waals surface area contributed by atoms with Crippen LogP contribution in [-0.2, 0) is 6.42 Å². The van der Waals surface area contributed by atoms with E-state index >= 15 is 0 Å². The number of nitrogens with one attached hydrogen (secondary N) is 1. The zero-order chi connectivity index (χ0) is 11.5. The Morgan fingerprint density at radius 2 is 2.25 bits per heavy atom. The molecule has 0 aliphatic heterocycles. The van der Waals surface area contributed by atoms with Crippen LogP contribution in [0, 0.1) is 0 Å². The molecular formula is C11H18N4O. The molecule has 1 amide bonds. The Labute approximate surface area is 95.2 Å². The molecule has 0 saturated heterocycles. The van der Waals surface area contributed by atoms with E-state index in [9.17, 15) is 4.79 Å². The molecule has 1 fully saturated rings. The summed E-state index contributed by atoms with van der Waals surface area (Å²) in [5.74, 6) is 1.08. The van der Waals surface area contributed by atoms with Crippen LogP contribution in [-0.4, -0.2) is 38.6 Å². The van der Waals surface area contributed by atoms with E-state index in [0.29, 0.717) is 11.9 Å². The van der Waals surface area contributed by atoms with Gasteiger partial charge in [0.1, 0.15) is 5.82 Å². The molecule has 0 spiro atoms. The molecule has 16 heavy (non-hydrogen) atoms. The number of aromatic nitrogens is 3. The van der Waals surface area contributed by atoms with Crippen LogP contribution in [0.25, 0.3) is 0 Å². The minimum absolute atomic E-state index is 0.0383. The van der Waals surface area contributed by atoms with E-state index < -0.39 is 0 Å². The molecule has 0 bridgehead atoms. The molecule has 88 valence electrons. The van der Waals surface area contributed by atoms with Crippen LogP contribution in [0.4, 0.5) is 0 Å². The topological polar surface area (TPSA) is 61.9 Å². The molecule has 0 unspecified atom stereocenters. The summed E-state index contributed by atoms with van der Waals surface area (Å²) < 4.78 is 0. The van der Waals surface area contributed by atoms with Crippen molar-refractivity contribution < 1.29 is 4.79 Å². The van der Waals surface area contributed by atoms with E-state index in [2.05, 4.69) is 22.1 Å². The highest BCUT2D eigenvalue weighted by Crippen LogP contribution is 2.27. The number of H-pyrrole nitrogens is 1. The normalized spacial score (nSPS) is 15.1. The van der Waals surface area contributed by atoms with Gasteiger partial charge in [-0.05, 0) is 26.2 Å². The van der Waals surface area contributed by atoms with E-state index in [0.717, 1.165) is 38.1 Å². The van der Waals surface area contributed by atoms with Crippen LogP contribution in [0.1, 0.15) is 49.6 Å². The summed E-state index contributed by atoms with van der Waals surface area (Å²) >= 11 is 0. The second kappa shape index (κ2) is 4.63. The maximum atomic E-state index is 12.1. The molecule has 0 radical (unpaired) electrons. The third-order valence-electron chi connectivity index (χ3n) is 2.80. The lowest BCUT2D eigenvalue weighted by molar-refractivity contribution is 0.0740. The van der Waals surface area contributed by atoms with Crippen molar-refractivity contribution >= 4 is 5.91 Å². The van der Waals surface area contributed by atoms with Gasteiger partial charge >= 0.3 is 0 Å². The molecular weight excluding hydrogens is 204 g/mol. The van der Waals surface area contributed by atoms with Gasteiger partial charge in [-0.15, -0.1) is 5.10 Å². The molecule has 1 heterocycles. The van der Waals surface area contributed by atoms with Gasteiger partial charge in [-0.1, -0.05) is 6.92 Å². The van der Waals surface area contributed by atoms with Gasteiger partial charge in [0.2, 0.25) is 5.82 Å². The summed E-state index contributed by atoms with van der Waals surface area (Å²) in [4.78, 5) is 18.1. The first-order valence-corrected chi connectivity index (χ1v) is 5.98. The number of hydrogen-bond donors (Lipinski definition) is 1. The quantitative estimate of drug-likeness (QED) is 0.818. The van der Waals surface area contributed by atoms with Gasteiger partial charge in [0.25, 0.3) is 5.91 Å². The van der Waals surface area contributed by atoms with Crippen molar-refractivity contribution in [2.75, 3.05) is 6.54 Å². The number of aryl methyl sites for hydroxylation is 1. The third-order valence-corrected chi connectivity index (χ3v) is 2.80. The Hall–Kier alpha value is -1.39. The molecule has 1 saturated carbocycles. The van der Waals surface area contributed by atoms with Crippen molar-refractivity contribution in [1.29, 1.82) is 0 Å². The van der Waals surface area contributed by atoms with Gasteiger partial charge in [0, 0.05) is 19.0 Å². The van der Waals surface area contributed by atoms with Crippen molar-refractivity contribution in [3.8, 4) is 0 Å².